The summed E-state index contributed by atoms with van der Waals surface area (Å²) in [5.74, 6) is 0. The van der Waals surface area contributed by atoms with Gasteiger partial charge in [-0.05, 0) is 38.8 Å². The number of aromatic nitrogens is 1. The van der Waals surface area contributed by atoms with Crippen molar-refractivity contribution in [2.75, 3.05) is 32.1 Å². The summed E-state index contributed by atoms with van der Waals surface area (Å²) in [5, 5.41) is 1.19. The van der Waals surface area contributed by atoms with Gasteiger partial charge in [-0.25, -0.2) is 4.98 Å². The molecular formula is C15H26N4S. The van der Waals surface area contributed by atoms with E-state index in [0.29, 0.717) is 6.04 Å². The fourth-order valence-electron chi connectivity index (χ4n) is 3.45. The lowest BCUT2D eigenvalue weighted by molar-refractivity contribution is 0.282. The van der Waals surface area contributed by atoms with Crippen LogP contribution < -0.4 is 10.6 Å². The molecule has 2 atom stereocenters. The molecule has 112 valence electrons. The molecular weight excluding hydrogens is 268 g/mol. The Hall–Kier alpha value is -0.650. The van der Waals surface area contributed by atoms with Gasteiger partial charge in [0.05, 0.1) is 5.69 Å². The van der Waals surface area contributed by atoms with Gasteiger partial charge in [0.2, 0.25) is 0 Å². The molecule has 2 N–H and O–H groups in total. The standard InChI is InChI=1S/C15H26N4S/c1-15(2)7-11(16)13-12(8-15)17-14(20-13)19-6-5-10(9-19)18(3)4/h10-11H,5-9,16H2,1-4H3. The highest BCUT2D eigenvalue weighted by Gasteiger charge is 2.35. The first-order chi connectivity index (χ1) is 9.35. The minimum Gasteiger partial charge on any atom is -0.346 e. The maximum atomic E-state index is 6.35. The lowest BCUT2D eigenvalue weighted by atomic mass is 9.77. The van der Waals surface area contributed by atoms with E-state index in [9.17, 15) is 0 Å². The van der Waals surface area contributed by atoms with Crippen LogP contribution >= 0.6 is 11.3 Å². The maximum Gasteiger partial charge on any atom is 0.185 e. The van der Waals surface area contributed by atoms with Crippen LogP contribution in [0, 0.1) is 5.41 Å². The average Bonchev–Trinajstić information content (AvgIpc) is 2.91. The smallest absolute Gasteiger partial charge is 0.185 e. The minimum absolute atomic E-state index is 0.173. The number of nitrogens with zero attached hydrogens (tertiary/aromatic N) is 3. The molecule has 2 heterocycles. The fraction of sp³-hybridized carbons (Fsp3) is 0.800. The summed E-state index contributed by atoms with van der Waals surface area (Å²) in [5.41, 5.74) is 7.89. The zero-order valence-corrected chi connectivity index (χ0v) is 13.8. The molecule has 3 rings (SSSR count). The molecule has 2 unspecified atom stereocenters. The van der Waals surface area contributed by atoms with E-state index in [-0.39, 0.29) is 11.5 Å². The monoisotopic (exact) mass is 294 g/mol. The molecule has 1 aromatic heterocycles. The molecule has 20 heavy (non-hydrogen) atoms. The second-order valence-electron chi connectivity index (χ2n) is 7.31. The number of hydrogen-bond donors (Lipinski definition) is 1. The number of anilines is 1. The Balaban J connectivity index is 1.81. The van der Waals surface area contributed by atoms with Crippen LogP contribution in [0.25, 0.3) is 0 Å². The quantitative estimate of drug-likeness (QED) is 0.909. The Bertz CT molecular complexity index is 494. The first kappa shape index (κ1) is 14.3. The topological polar surface area (TPSA) is 45.4 Å². The number of rotatable bonds is 2. The number of thiazole rings is 1. The predicted octanol–water partition coefficient (Wildman–Crippen LogP) is 2.26. The van der Waals surface area contributed by atoms with E-state index >= 15 is 0 Å². The summed E-state index contributed by atoms with van der Waals surface area (Å²) in [7, 11) is 4.33. The summed E-state index contributed by atoms with van der Waals surface area (Å²) in [6.07, 6.45) is 3.37. The van der Waals surface area contributed by atoms with E-state index in [1.165, 1.54) is 22.1 Å². The molecule has 0 bridgehead atoms. The van der Waals surface area contributed by atoms with Crippen LogP contribution in [0.3, 0.4) is 0 Å². The van der Waals surface area contributed by atoms with Crippen molar-refractivity contribution in [3.8, 4) is 0 Å². The van der Waals surface area contributed by atoms with Gasteiger partial charge in [0.15, 0.2) is 5.13 Å². The summed E-state index contributed by atoms with van der Waals surface area (Å²) < 4.78 is 0. The molecule has 1 aliphatic heterocycles. The molecule has 1 aliphatic carbocycles. The highest BCUT2D eigenvalue weighted by Crippen LogP contribution is 2.44. The molecule has 0 amide bonds. The van der Waals surface area contributed by atoms with Crippen molar-refractivity contribution in [3.63, 3.8) is 0 Å². The molecule has 5 heteroatoms. The summed E-state index contributed by atoms with van der Waals surface area (Å²) in [6, 6.07) is 0.827. The van der Waals surface area contributed by atoms with E-state index < -0.39 is 0 Å². The van der Waals surface area contributed by atoms with Crippen LogP contribution in [0.2, 0.25) is 0 Å². The van der Waals surface area contributed by atoms with Crippen molar-refractivity contribution in [1.82, 2.24) is 9.88 Å². The van der Waals surface area contributed by atoms with E-state index in [0.717, 1.165) is 25.9 Å². The first-order valence-electron chi connectivity index (χ1n) is 7.52. The van der Waals surface area contributed by atoms with Crippen molar-refractivity contribution in [2.24, 2.45) is 11.1 Å². The maximum absolute atomic E-state index is 6.35. The van der Waals surface area contributed by atoms with Gasteiger partial charge >= 0.3 is 0 Å². The number of hydrogen-bond acceptors (Lipinski definition) is 5. The summed E-state index contributed by atoms with van der Waals surface area (Å²) in [4.78, 5) is 11.0. The van der Waals surface area contributed by atoms with E-state index in [2.05, 4.69) is 37.7 Å². The van der Waals surface area contributed by atoms with Crippen LogP contribution in [0.4, 0.5) is 5.13 Å². The molecule has 1 saturated heterocycles. The molecule has 4 nitrogen and oxygen atoms in total. The molecule has 1 fully saturated rings. The van der Waals surface area contributed by atoms with Gasteiger partial charge in [-0.15, -0.1) is 0 Å². The van der Waals surface area contributed by atoms with Gasteiger partial charge in [-0.2, -0.15) is 0 Å². The highest BCUT2D eigenvalue weighted by molar-refractivity contribution is 7.15. The van der Waals surface area contributed by atoms with E-state index in [1.54, 1.807) is 0 Å². The van der Waals surface area contributed by atoms with Gasteiger partial charge in [0.1, 0.15) is 0 Å². The summed E-state index contributed by atoms with van der Waals surface area (Å²) >= 11 is 1.83. The van der Waals surface area contributed by atoms with E-state index in [1.807, 2.05) is 11.3 Å². The third-order valence-electron chi connectivity index (χ3n) is 4.64. The SMILES string of the molecule is CN(C)C1CCN(c2nc3c(s2)C(N)CC(C)(C)C3)C1. The Morgan fingerprint density at radius 3 is 2.80 bits per heavy atom. The average molecular weight is 294 g/mol. The molecule has 0 radical (unpaired) electrons. The van der Waals surface area contributed by atoms with E-state index in [4.69, 9.17) is 10.7 Å². The molecule has 1 aromatic rings. The third kappa shape index (κ3) is 2.59. The largest absolute Gasteiger partial charge is 0.346 e. The van der Waals surface area contributed by atoms with Crippen molar-refractivity contribution < 1.29 is 0 Å². The normalized spacial score (nSPS) is 29.0. The highest BCUT2D eigenvalue weighted by atomic mass is 32.1. The predicted molar refractivity (Wildman–Crippen MR) is 85.4 cm³/mol. The Kier molecular flexibility index (Phi) is 3.55. The van der Waals surface area contributed by atoms with Crippen molar-refractivity contribution in [1.29, 1.82) is 0 Å². The van der Waals surface area contributed by atoms with Gasteiger partial charge < -0.3 is 15.5 Å². The van der Waals surface area contributed by atoms with Crippen LogP contribution in [-0.4, -0.2) is 43.1 Å². The molecule has 0 spiro atoms. The molecule has 0 aromatic carbocycles. The van der Waals surface area contributed by atoms with Crippen LogP contribution in [0.1, 0.15) is 43.3 Å². The second-order valence-corrected chi connectivity index (χ2v) is 8.32. The Morgan fingerprint density at radius 2 is 2.15 bits per heavy atom. The van der Waals surface area contributed by atoms with Gasteiger partial charge in [-0.3, -0.25) is 0 Å². The third-order valence-corrected chi connectivity index (χ3v) is 5.93. The summed E-state index contributed by atoms with van der Waals surface area (Å²) in [6.45, 7) is 6.81. The lowest BCUT2D eigenvalue weighted by Gasteiger charge is -2.32. The number of nitrogens with two attached hydrogens (primary N) is 1. The lowest BCUT2D eigenvalue weighted by Crippen LogP contribution is -2.31. The minimum atomic E-state index is 0.173. The zero-order valence-electron chi connectivity index (χ0n) is 13.0. The zero-order chi connectivity index (χ0) is 14.5. The van der Waals surface area contributed by atoms with Crippen molar-refractivity contribution in [2.45, 2.75) is 45.2 Å². The van der Waals surface area contributed by atoms with Crippen molar-refractivity contribution in [3.05, 3.63) is 10.6 Å². The van der Waals surface area contributed by atoms with Gasteiger partial charge in [0, 0.05) is 30.1 Å². The Labute approximate surface area is 126 Å². The fourth-order valence-corrected chi connectivity index (χ4v) is 4.57. The second kappa shape index (κ2) is 4.97. The van der Waals surface area contributed by atoms with Crippen LogP contribution in [-0.2, 0) is 6.42 Å². The number of likely N-dealkylation sites (N-methyl/N-ethyl adjacent to an activating group) is 1. The molecule has 2 aliphatic rings. The van der Waals surface area contributed by atoms with Gasteiger partial charge in [-0.1, -0.05) is 25.2 Å². The van der Waals surface area contributed by atoms with Crippen LogP contribution in [0.5, 0.6) is 0 Å². The first-order valence-corrected chi connectivity index (χ1v) is 8.34. The van der Waals surface area contributed by atoms with Gasteiger partial charge in [0.25, 0.3) is 0 Å². The van der Waals surface area contributed by atoms with Crippen LogP contribution in [0.15, 0.2) is 0 Å². The van der Waals surface area contributed by atoms with Crippen molar-refractivity contribution >= 4 is 16.5 Å². The molecule has 0 saturated carbocycles. The Morgan fingerprint density at radius 1 is 1.40 bits per heavy atom. The number of fused-ring (bicyclic) bond motifs is 1.